The summed E-state index contributed by atoms with van der Waals surface area (Å²) in [5.41, 5.74) is 0. The van der Waals surface area contributed by atoms with Crippen LogP contribution in [0.2, 0.25) is 0 Å². The van der Waals surface area contributed by atoms with Crippen molar-refractivity contribution >= 4 is 11.8 Å². The molecule has 1 aromatic rings. The monoisotopic (exact) mass is 374 g/mol. The molecule has 6 heteroatoms. The molecule has 0 aromatic carbocycles. The number of carbonyl (C=O) groups excluding carboxylic acids is 2. The second kappa shape index (κ2) is 8.05. The van der Waals surface area contributed by atoms with Crippen molar-refractivity contribution in [3.63, 3.8) is 0 Å². The van der Waals surface area contributed by atoms with Crippen molar-refractivity contribution in [2.24, 2.45) is 11.8 Å². The third-order valence-electron chi connectivity index (χ3n) is 6.26. The Hall–Kier alpha value is -1.82. The van der Waals surface area contributed by atoms with Crippen molar-refractivity contribution in [1.82, 2.24) is 9.80 Å². The highest BCUT2D eigenvalue weighted by Gasteiger charge is 2.36. The van der Waals surface area contributed by atoms with Gasteiger partial charge in [-0.3, -0.25) is 9.59 Å². The van der Waals surface area contributed by atoms with Crippen LogP contribution >= 0.6 is 0 Å². The van der Waals surface area contributed by atoms with E-state index in [0.717, 1.165) is 30.3 Å². The number of carbonyl (C=O) groups is 2. The zero-order valence-electron chi connectivity index (χ0n) is 16.2. The van der Waals surface area contributed by atoms with E-state index in [1.54, 1.807) is 0 Å². The number of furan rings is 1. The Morgan fingerprint density at radius 3 is 2.44 bits per heavy atom. The van der Waals surface area contributed by atoms with Gasteiger partial charge < -0.3 is 19.0 Å². The SMILES string of the molecule is CC1CC1c1ccc(CCC(=O)N2CCC(C(=O)N3CCOCC3)CC2)o1. The van der Waals surface area contributed by atoms with E-state index in [0.29, 0.717) is 58.2 Å². The van der Waals surface area contributed by atoms with E-state index in [1.807, 2.05) is 15.9 Å². The predicted octanol–water partition coefficient (Wildman–Crippen LogP) is 2.43. The lowest BCUT2D eigenvalue weighted by molar-refractivity contribution is -0.143. The number of aryl methyl sites for hydroxylation is 1. The molecule has 3 fully saturated rings. The summed E-state index contributed by atoms with van der Waals surface area (Å²) in [4.78, 5) is 28.9. The standard InChI is InChI=1S/C21H30N2O4/c1-15-14-18(15)19-4-2-17(27-19)3-5-20(24)22-8-6-16(7-9-22)21(25)23-10-12-26-13-11-23/h2,4,15-16,18H,3,5-14H2,1H3. The minimum absolute atomic E-state index is 0.0558. The minimum Gasteiger partial charge on any atom is -0.466 e. The van der Waals surface area contributed by atoms with Gasteiger partial charge in [-0.1, -0.05) is 6.92 Å². The Bertz CT molecular complexity index is 671. The molecular formula is C21H30N2O4. The van der Waals surface area contributed by atoms with Crippen molar-refractivity contribution in [3.8, 4) is 0 Å². The molecule has 2 amide bonds. The summed E-state index contributed by atoms with van der Waals surface area (Å²) in [5.74, 6) is 3.76. The first-order valence-electron chi connectivity index (χ1n) is 10.3. The molecule has 2 unspecified atom stereocenters. The Labute approximate surface area is 160 Å². The minimum atomic E-state index is 0.0558. The molecule has 1 aromatic heterocycles. The molecule has 6 nitrogen and oxygen atoms in total. The molecule has 0 N–H and O–H groups in total. The van der Waals surface area contributed by atoms with Crippen molar-refractivity contribution in [2.75, 3.05) is 39.4 Å². The maximum atomic E-state index is 12.6. The first kappa shape index (κ1) is 18.5. The second-order valence-corrected chi connectivity index (χ2v) is 8.22. The average Bonchev–Trinajstić information content (AvgIpc) is 3.26. The number of piperidine rings is 1. The molecule has 0 bridgehead atoms. The lowest BCUT2D eigenvalue weighted by Crippen LogP contribution is -2.47. The van der Waals surface area contributed by atoms with Crippen molar-refractivity contribution in [3.05, 3.63) is 23.7 Å². The van der Waals surface area contributed by atoms with Gasteiger partial charge in [0.05, 0.1) is 13.2 Å². The van der Waals surface area contributed by atoms with E-state index in [2.05, 4.69) is 13.0 Å². The lowest BCUT2D eigenvalue weighted by atomic mass is 9.94. The van der Waals surface area contributed by atoms with Crippen molar-refractivity contribution in [1.29, 1.82) is 0 Å². The van der Waals surface area contributed by atoms with Gasteiger partial charge in [0.2, 0.25) is 11.8 Å². The van der Waals surface area contributed by atoms with E-state index < -0.39 is 0 Å². The smallest absolute Gasteiger partial charge is 0.225 e. The van der Waals surface area contributed by atoms with E-state index in [1.165, 1.54) is 6.42 Å². The number of nitrogens with zero attached hydrogens (tertiary/aromatic N) is 2. The molecular weight excluding hydrogens is 344 g/mol. The molecule has 3 aliphatic rings. The Balaban J connectivity index is 1.20. The molecule has 2 saturated heterocycles. The van der Waals surface area contributed by atoms with E-state index in [-0.39, 0.29) is 17.7 Å². The van der Waals surface area contributed by atoms with Crippen LogP contribution in [0.25, 0.3) is 0 Å². The van der Waals surface area contributed by atoms with Gasteiger partial charge in [0.1, 0.15) is 11.5 Å². The van der Waals surface area contributed by atoms with Gasteiger partial charge in [-0.25, -0.2) is 0 Å². The first-order chi connectivity index (χ1) is 13.1. The molecule has 0 spiro atoms. The number of likely N-dealkylation sites (tertiary alicyclic amines) is 1. The van der Waals surface area contributed by atoms with Crippen LogP contribution in [0.5, 0.6) is 0 Å². The summed E-state index contributed by atoms with van der Waals surface area (Å²) in [6.07, 6.45) is 3.89. The molecule has 3 heterocycles. The maximum Gasteiger partial charge on any atom is 0.225 e. The average molecular weight is 374 g/mol. The molecule has 4 rings (SSSR count). The number of rotatable bonds is 5. The van der Waals surface area contributed by atoms with Crippen LogP contribution < -0.4 is 0 Å². The highest BCUT2D eigenvalue weighted by atomic mass is 16.5. The zero-order valence-corrected chi connectivity index (χ0v) is 16.2. The Kier molecular flexibility index (Phi) is 5.53. The van der Waals surface area contributed by atoms with Crippen LogP contribution in [0.15, 0.2) is 16.5 Å². The van der Waals surface area contributed by atoms with Crippen LogP contribution in [0.3, 0.4) is 0 Å². The third kappa shape index (κ3) is 4.37. The molecule has 2 aliphatic heterocycles. The summed E-state index contributed by atoms with van der Waals surface area (Å²) in [6, 6.07) is 4.08. The van der Waals surface area contributed by atoms with Gasteiger partial charge >= 0.3 is 0 Å². The largest absolute Gasteiger partial charge is 0.466 e. The highest BCUT2D eigenvalue weighted by Crippen LogP contribution is 2.47. The maximum absolute atomic E-state index is 12.6. The van der Waals surface area contributed by atoms with Crippen LogP contribution in [-0.4, -0.2) is 61.0 Å². The summed E-state index contributed by atoms with van der Waals surface area (Å²) in [5, 5.41) is 0. The highest BCUT2D eigenvalue weighted by molar-refractivity contribution is 5.80. The summed E-state index contributed by atoms with van der Waals surface area (Å²) < 4.78 is 11.2. The van der Waals surface area contributed by atoms with Gasteiger partial charge in [0, 0.05) is 50.9 Å². The fourth-order valence-corrected chi connectivity index (χ4v) is 4.25. The van der Waals surface area contributed by atoms with Crippen LogP contribution in [0.1, 0.15) is 50.0 Å². The van der Waals surface area contributed by atoms with E-state index in [9.17, 15) is 9.59 Å². The van der Waals surface area contributed by atoms with Gasteiger partial charge in [-0.2, -0.15) is 0 Å². The lowest BCUT2D eigenvalue weighted by Gasteiger charge is -2.35. The number of amides is 2. The first-order valence-corrected chi connectivity index (χ1v) is 10.3. The van der Waals surface area contributed by atoms with Crippen LogP contribution in [0.4, 0.5) is 0 Å². The number of ether oxygens (including phenoxy) is 1. The van der Waals surface area contributed by atoms with E-state index >= 15 is 0 Å². The second-order valence-electron chi connectivity index (χ2n) is 8.22. The summed E-state index contributed by atoms with van der Waals surface area (Å²) in [6.45, 7) is 6.27. The Morgan fingerprint density at radius 1 is 1.07 bits per heavy atom. The third-order valence-corrected chi connectivity index (χ3v) is 6.26. The zero-order chi connectivity index (χ0) is 18.8. The topological polar surface area (TPSA) is 63.0 Å². The van der Waals surface area contributed by atoms with Crippen LogP contribution in [0, 0.1) is 11.8 Å². The predicted molar refractivity (Wildman–Crippen MR) is 100 cm³/mol. The van der Waals surface area contributed by atoms with Gasteiger partial charge in [0.25, 0.3) is 0 Å². The molecule has 1 saturated carbocycles. The number of hydrogen-bond donors (Lipinski definition) is 0. The number of morpholine rings is 1. The van der Waals surface area contributed by atoms with Crippen LogP contribution in [-0.2, 0) is 20.7 Å². The summed E-state index contributed by atoms with van der Waals surface area (Å²) in [7, 11) is 0. The van der Waals surface area contributed by atoms with Gasteiger partial charge in [-0.05, 0) is 37.3 Å². The van der Waals surface area contributed by atoms with Gasteiger partial charge in [-0.15, -0.1) is 0 Å². The van der Waals surface area contributed by atoms with Crippen molar-refractivity contribution in [2.45, 2.75) is 44.9 Å². The molecule has 148 valence electrons. The van der Waals surface area contributed by atoms with Gasteiger partial charge in [0.15, 0.2) is 0 Å². The Morgan fingerprint density at radius 2 is 1.78 bits per heavy atom. The fourth-order valence-electron chi connectivity index (χ4n) is 4.25. The quantitative estimate of drug-likeness (QED) is 0.794. The normalized spacial score (nSPS) is 26.3. The fraction of sp³-hybridized carbons (Fsp3) is 0.714. The van der Waals surface area contributed by atoms with Crippen molar-refractivity contribution < 1.29 is 18.7 Å². The molecule has 0 radical (unpaired) electrons. The summed E-state index contributed by atoms with van der Waals surface area (Å²) >= 11 is 0. The molecule has 2 atom stereocenters. The number of hydrogen-bond acceptors (Lipinski definition) is 4. The molecule has 1 aliphatic carbocycles. The molecule has 27 heavy (non-hydrogen) atoms. The van der Waals surface area contributed by atoms with E-state index in [4.69, 9.17) is 9.15 Å².